The number of fused-ring (bicyclic) bond motifs is 1. The van der Waals surface area contributed by atoms with Crippen molar-refractivity contribution in [3.05, 3.63) is 28.2 Å². The number of rotatable bonds is 3. The molecule has 0 aromatic heterocycles. The topological polar surface area (TPSA) is 21.3 Å². The van der Waals surface area contributed by atoms with Crippen molar-refractivity contribution in [2.24, 2.45) is 0 Å². The van der Waals surface area contributed by atoms with E-state index in [0.717, 1.165) is 29.8 Å². The highest BCUT2D eigenvalue weighted by Crippen LogP contribution is 2.34. The maximum atomic E-state index is 5.60. The summed E-state index contributed by atoms with van der Waals surface area (Å²) in [5.74, 6) is 1.01. The SMILES string of the molecule is CCCNC1COc2cc(Br)ccc21. The normalized spacial score (nSPS) is 19.1. The Morgan fingerprint density at radius 1 is 1.57 bits per heavy atom. The monoisotopic (exact) mass is 255 g/mol. The molecule has 76 valence electrons. The quantitative estimate of drug-likeness (QED) is 0.897. The number of benzene rings is 1. The third-order valence-corrected chi connectivity index (χ3v) is 2.89. The van der Waals surface area contributed by atoms with Gasteiger partial charge in [-0.15, -0.1) is 0 Å². The lowest BCUT2D eigenvalue weighted by Gasteiger charge is -2.09. The highest BCUT2D eigenvalue weighted by molar-refractivity contribution is 9.10. The fraction of sp³-hybridized carbons (Fsp3) is 0.455. The van der Waals surface area contributed by atoms with E-state index in [4.69, 9.17) is 4.74 Å². The van der Waals surface area contributed by atoms with Crippen LogP contribution in [-0.4, -0.2) is 13.2 Å². The van der Waals surface area contributed by atoms with Crippen LogP contribution in [0.3, 0.4) is 0 Å². The zero-order valence-corrected chi connectivity index (χ0v) is 9.80. The lowest BCUT2D eigenvalue weighted by Crippen LogP contribution is -2.22. The predicted octanol–water partition coefficient (Wildman–Crippen LogP) is 2.88. The van der Waals surface area contributed by atoms with Gasteiger partial charge in [-0.05, 0) is 25.1 Å². The van der Waals surface area contributed by atoms with E-state index in [1.54, 1.807) is 0 Å². The summed E-state index contributed by atoms with van der Waals surface area (Å²) < 4.78 is 6.67. The predicted molar refractivity (Wildman–Crippen MR) is 60.7 cm³/mol. The summed E-state index contributed by atoms with van der Waals surface area (Å²) in [4.78, 5) is 0. The molecule has 1 atom stereocenters. The number of nitrogens with one attached hydrogen (secondary N) is 1. The summed E-state index contributed by atoms with van der Waals surface area (Å²) in [6.07, 6.45) is 1.16. The van der Waals surface area contributed by atoms with Gasteiger partial charge in [-0.3, -0.25) is 0 Å². The molecule has 1 aromatic carbocycles. The molecule has 0 saturated carbocycles. The van der Waals surface area contributed by atoms with Crippen molar-refractivity contribution in [3.63, 3.8) is 0 Å². The molecule has 0 bridgehead atoms. The first-order chi connectivity index (χ1) is 6.81. The number of hydrogen-bond donors (Lipinski definition) is 1. The lowest BCUT2D eigenvalue weighted by atomic mass is 10.1. The lowest BCUT2D eigenvalue weighted by molar-refractivity contribution is 0.311. The molecule has 1 aliphatic heterocycles. The van der Waals surface area contributed by atoms with Crippen molar-refractivity contribution < 1.29 is 4.74 Å². The van der Waals surface area contributed by atoms with E-state index >= 15 is 0 Å². The molecule has 0 aliphatic carbocycles. The number of halogens is 1. The summed E-state index contributed by atoms with van der Waals surface area (Å²) in [5, 5.41) is 3.47. The summed E-state index contributed by atoms with van der Waals surface area (Å²) >= 11 is 3.44. The molecule has 1 aromatic rings. The Morgan fingerprint density at radius 2 is 2.43 bits per heavy atom. The molecule has 14 heavy (non-hydrogen) atoms. The Kier molecular flexibility index (Phi) is 3.08. The second-order valence-electron chi connectivity index (χ2n) is 3.50. The molecule has 0 fully saturated rings. The van der Waals surface area contributed by atoms with Crippen LogP contribution in [0.5, 0.6) is 5.75 Å². The van der Waals surface area contributed by atoms with Gasteiger partial charge in [0.15, 0.2) is 0 Å². The molecule has 3 heteroatoms. The van der Waals surface area contributed by atoms with E-state index < -0.39 is 0 Å². The summed E-state index contributed by atoms with van der Waals surface area (Å²) in [5.41, 5.74) is 1.28. The highest BCUT2D eigenvalue weighted by Gasteiger charge is 2.22. The van der Waals surface area contributed by atoms with Gasteiger partial charge in [0, 0.05) is 10.0 Å². The van der Waals surface area contributed by atoms with Crippen molar-refractivity contribution >= 4 is 15.9 Å². The van der Waals surface area contributed by atoms with Gasteiger partial charge < -0.3 is 10.1 Å². The Labute approximate surface area is 92.8 Å². The van der Waals surface area contributed by atoms with Crippen molar-refractivity contribution in [2.45, 2.75) is 19.4 Å². The van der Waals surface area contributed by atoms with Gasteiger partial charge in [0.25, 0.3) is 0 Å². The minimum absolute atomic E-state index is 0.373. The van der Waals surface area contributed by atoms with Crippen LogP contribution in [0.15, 0.2) is 22.7 Å². The fourth-order valence-corrected chi connectivity index (χ4v) is 2.01. The van der Waals surface area contributed by atoms with E-state index in [9.17, 15) is 0 Å². The van der Waals surface area contributed by atoms with Crippen molar-refractivity contribution in [2.75, 3.05) is 13.2 Å². The molecule has 2 nitrogen and oxygen atoms in total. The third kappa shape index (κ3) is 1.93. The fourth-order valence-electron chi connectivity index (χ4n) is 1.67. The Bertz CT molecular complexity index is 327. The average molecular weight is 256 g/mol. The molecule has 1 unspecified atom stereocenters. The van der Waals surface area contributed by atoms with Crippen molar-refractivity contribution in [3.8, 4) is 5.75 Å². The van der Waals surface area contributed by atoms with Crippen LogP contribution in [0, 0.1) is 0 Å². The standard InChI is InChI=1S/C11H14BrNO/c1-2-5-13-10-7-14-11-6-8(12)3-4-9(10)11/h3-4,6,10,13H,2,5,7H2,1H3. The van der Waals surface area contributed by atoms with Crippen LogP contribution in [0.2, 0.25) is 0 Å². The smallest absolute Gasteiger partial charge is 0.125 e. The summed E-state index contributed by atoms with van der Waals surface area (Å²) in [7, 11) is 0. The largest absolute Gasteiger partial charge is 0.491 e. The van der Waals surface area contributed by atoms with Crippen LogP contribution in [0.25, 0.3) is 0 Å². The Hall–Kier alpha value is -0.540. The van der Waals surface area contributed by atoms with E-state index in [2.05, 4.69) is 40.3 Å². The van der Waals surface area contributed by atoms with Gasteiger partial charge in [0.05, 0.1) is 6.04 Å². The number of ether oxygens (including phenoxy) is 1. The van der Waals surface area contributed by atoms with Crippen LogP contribution >= 0.6 is 15.9 Å². The minimum atomic E-state index is 0.373. The van der Waals surface area contributed by atoms with Gasteiger partial charge in [0.1, 0.15) is 12.4 Å². The van der Waals surface area contributed by atoms with E-state index in [-0.39, 0.29) is 0 Å². The maximum Gasteiger partial charge on any atom is 0.125 e. The van der Waals surface area contributed by atoms with Crippen molar-refractivity contribution in [1.82, 2.24) is 5.32 Å². The number of hydrogen-bond acceptors (Lipinski definition) is 2. The molecule has 2 rings (SSSR count). The third-order valence-electron chi connectivity index (χ3n) is 2.40. The Morgan fingerprint density at radius 3 is 3.21 bits per heavy atom. The van der Waals surface area contributed by atoms with Crippen LogP contribution in [0.1, 0.15) is 24.9 Å². The van der Waals surface area contributed by atoms with E-state index in [1.807, 2.05) is 6.07 Å². The van der Waals surface area contributed by atoms with Crippen LogP contribution < -0.4 is 10.1 Å². The average Bonchev–Trinajstić information content (AvgIpc) is 2.57. The Balaban J connectivity index is 2.14. The van der Waals surface area contributed by atoms with Crippen LogP contribution in [-0.2, 0) is 0 Å². The van der Waals surface area contributed by atoms with Gasteiger partial charge >= 0.3 is 0 Å². The molecule has 0 radical (unpaired) electrons. The second-order valence-corrected chi connectivity index (χ2v) is 4.42. The van der Waals surface area contributed by atoms with Gasteiger partial charge in [-0.2, -0.15) is 0 Å². The molecule has 1 N–H and O–H groups in total. The molecule has 0 spiro atoms. The van der Waals surface area contributed by atoms with Crippen LogP contribution in [0.4, 0.5) is 0 Å². The van der Waals surface area contributed by atoms with Gasteiger partial charge in [0.2, 0.25) is 0 Å². The summed E-state index contributed by atoms with van der Waals surface area (Å²) in [6, 6.07) is 6.59. The minimum Gasteiger partial charge on any atom is -0.491 e. The van der Waals surface area contributed by atoms with Gasteiger partial charge in [-0.25, -0.2) is 0 Å². The molecular weight excluding hydrogens is 242 g/mol. The molecule has 0 amide bonds. The second kappa shape index (κ2) is 4.32. The zero-order chi connectivity index (χ0) is 9.97. The first-order valence-corrected chi connectivity index (χ1v) is 5.76. The first kappa shape index (κ1) is 9.99. The van der Waals surface area contributed by atoms with Crippen molar-refractivity contribution in [1.29, 1.82) is 0 Å². The molecule has 1 aliphatic rings. The molecular formula is C11H14BrNO. The van der Waals surface area contributed by atoms with E-state index in [1.165, 1.54) is 5.56 Å². The molecule has 0 saturated heterocycles. The van der Waals surface area contributed by atoms with E-state index in [0.29, 0.717) is 6.04 Å². The zero-order valence-electron chi connectivity index (χ0n) is 8.22. The van der Waals surface area contributed by atoms with Gasteiger partial charge in [-0.1, -0.05) is 28.9 Å². The summed E-state index contributed by atoms with van der Waals surface area (Å²) in [6.45, 7) is 3.97. The highest BCUT2D eigenvalue weighted by atomic mass is 79.9. The molecule has 1 heterocycles. The first-order valence-electron chi connectivity index (χ1n) is 4.97. The maximum absolute atomic E-state index is 5.60.